The van der Waals surface area contributed by atoms with Gasteiger partial charge in [-0.15, -0.1) is 0 Å². The minimum Gasteiger partial charge on any atom is -0.310 e. The highest BCUT2D eigenvalue weighted by molar-refractivity contribution is 5.87. The van der Waals surface area contributed by atoms with Crippen LogP contribution >= 0.6 is 0 Å². The molecule has 0 N–H and O–H groups in total. The van der Waals surface area contributed by atoms with Crippen molar-refractivity contribution in [3.63, 3.8) is 0 Å². The lowest BCUT2D eigenvalue weighted by Crippen LogP contribution is -2.11. The van der Waals surface area contributed by atoms with Crippen molar-refractivity contribution >= 4 is 34.1 Å². The van der Waals surface area contributed by atoms with Gasteiger partial charge >= 0.3 is 0 Å². The first kappa shape index (κ1) is 21.7. The van der Waals surface area contributed by atoms with Gasteiger partial charge in [-0.25, -0.2) is 0 Å². The van der Waals surface area contributed by atoms with Gasteiger partial charge in [-0.05, 0) is 77.9 Å². The summed E-state index contributed by atoms with van der Waals surface area (Å²) in [6, 6.07) is 55.6. The van der Waals surface area contributed by atoms with E-state index in [1.807, 2.05) is 0 Å². The molecule has 6 rings (SSSR count). The quantitative estimate of drug-likeness (QED) is 0.243. The molecule has 0 unspecified atom stereocenters. The standard InChI is InChI=1S/C34H26N2/c1-5-16-29(17-6-1)35(30-18-7-2-8-19-30)33-24-27-14-13-15-28(27)25-34(26-33)36(31-20-9-3-10-21-31)32-22-11-4-12-23-32/h1-26H. The Kier molecular flexibility index (Phi) is 5.91. The Morgan fingerprint density at radius 1 is 0.250 bits per heavy atom. The van der Waals surface area contributed by atoms with Crippen LogP contribution in [-0.2, 0) is 0 Å². The Bertz CT molecular complexity index is 1320. The highest BCUT2D eigenvalue weighted by Crippen LogP contribution is 2.42. The van der Waals surface area contributed by atoms with E-state index in [9.17, 15) is 0 Å². The average Bonchev–Trinajstić information content (AvgIpc) is 3.30. The van der Waals surface area contributed by atoms with E-state index < -0.39 is 0 Å². The molecule has 4 aromatic carbocycles. The second-order valence-electron chi connectivity index (χ2n) is 8.73. The molecule has 0 saturated heterocycles. The molecule has 0 fully saturated rings. The second-order valence-corrected chi connectivity index (χ2v) is 8.73. The second kappa shape index (κ2) is 9.81. The zero-order chi connectivity index (χ0) is 24.2. The first-order valence-corrected chi connectivity index (χ1v) is 12.2. The summed E-state index contributed by atoms with van der Waals surface area (Å²) in [6.45, 7) is 0. The Morgan fingerprint density at radius 2 is 0.556 bits per heavy atom. The molecule has 2 nitrogen and oxygen atoms in total. The number of rotatable bonds is 6. The van der Waals surface area contributed by atoms with Gasteiger partial charge in [-0.1, -0.05) is 91.0 Å². The zero-order valence-electron chi connectivity index (χ0n) is 19.9. The van der Waals surface area contributed by atoms with E-state index in [-0.39, 0.29) is 0 Å². The maximum absolute atomic E-state index is 2.32. The number of nitrogens with zero attached hydrogens (tertiary/aromatic N) is 2. The number of benzene rings is 4. The molecular weight excluding hydrogens is 436 g/mol. The molecule has 2 aliphatic carbocycles. The SMILES string of the molecule is c1ccc(N(c2ccccc2)c2cc3cccc-3cc(N(c3ccccc3)c3ccccc3)c2)cc1. The minimum atomic E-state index is 1.10. The third-order valence-electron chi connectivity index (χ3n) is 6.36. The van der Waals surface area contributed by atoms with Gasteiger partial charge in [0.15, 0.2) is 0 Å². The van der Waals surface area contributed by atoms with E-state index in [0.717, 1.165) is 34.1 Å². The molecule has 0 radical (unpaired) electrons. The van der Waals surface area contributed by atoms with Crippen LogP contribution in [0.2, 0.25) is 0 Å². The van der Waals surface area contributed by atoms with Crippen LogP contribution in [0.3, 0.4) is 0 Å². The van der Waals surface area contributed by atoms with Crippen molar-refractivity contribution in [2.45, 2.75) is 0 Å². The predicted molar refractivity (Wildman–Crippen MR) is 152 cm³/mol. The van der Waals surface area contributed by atoms with E-state index in [1.165, 1.54) is 11.1 Å². The number of para-hydroxylation sites is 4. The molecule has 0 atom stereocenters. The van der Waals surface area contributed by atoms with E-state index in [1.54, 1.807) is 0 Å². The molecule has 172 valence electrons. The van der Waals surface area contributed by atoms with E-state index >= 15 is 0 Å². The molecule has 0 aliphatic heterocycles. The maximum atomic E-state index is 2.32. The van der Waals surface area contributed by atoms with E-state index in [2.05, 4.69) is 168 Å². The molecule has 0 heterocycles. The largest absolute Gasteiger partial charge is 0.310 e. The summed E-state index contributed by atoms with van der Waals surface area (Å²) in [4.78, 5) is 4.65. The Morgan fingerprint density at radius 3 is 0.861 bits per heavy atom. The van der Waals surface area contributed by atoms with Gasteiger partial charge in [0.05, 0.1) is 0 Å². The van der Waals surface area contributed by atoms with Crippen molar-refractivity contribution in [2.75, 3.05) is 9.80 Å². The molecule has 0 amide bonds. The van der Waals surface area contributed by atoms with Gasteiger partial charge in [0.25, 0.3) is 0 Å². The summed E-state index contributed by atoms with van der Waals surface area (Å²) in [5.74, 6) is 0. The van der Waals surface area contributed by atoms with E-state index in [0.29, 0.717) is 0 Å². The summed E-state index contributed by atoms with van der Waals surface area (Å²) in [7, 11) is 0. The van der Waals surface area contributed by atoms with Crippen molar-refractivity contribution in [2.24, 2.45) is 0 Å². The van der Waals surface area contributed by atoms with Crippen LogP contribution < -0.4 is 9.80 Å². The highest BCUT2D eigenvalue weighted by Gasteiger charge is 2.18. The topological polar surface area (TPSA) is 6.48 Å². The lowest BCUT2D eigenvalue weighted by Gasteiger charge is -2.28. The monoisotopic (exact) mass is 462 g/mol. The molecular formula is C34H26N2. The first-order chi connectivity index (χ1) is 17.9. The molecule has 0 saturated carbocycles. The molecule has 0 aromatic heterocycles. The summed E-state index contributed by atoms with van der Waals surface area (Å²) in [5, 5.41) is 0. The van der Waals surface area contributed by atoms with Crippen LogP contribution in [0.4, 0.5) is 34.1 Å². The van der Waals surface area contributed by atoms with Crippen LogP contribution in [-0.4, -0.2) is 0 Å². The fraction of sp³-hybridized carbons (Fsp3) is 0. The van der Waals surface area contributed by atoms with Crippen molar-refractivity contribution in [3.8, 4) is 11.1 Å². The van der Waals surface area contributed by atoms with Crippen molar-refractivity contribution in [1.82, 2.24) is 0 Å². The van der Waals surface area contributed by atoms with Gasteiger partial charge < -0.3 is 9.80 Å². The first-order valence-electron chi connectivity index (χ1n) is 12.2. The van der Waals surface area contributed by atoms with Crippen LogP contribution in [0.25, 0.3) is 11.1 Å². The summed E-state index contributed by atoms with van der Waals surface area (Å²) in [5.41, 5.74) is 9.07. The van der Waals surface area contributed by atoms with E-state index in [4.69, 9.17) is 0 Å². The van der Waals surface area contributed by atoms with Crippen molar-refractivity contribution in [1.29, 1.82) is 0 Å². The van der Waals surface area contributed by atoms with Gasteiger partial charge in [0.2, 0.25) is 0 Å². The van der Waals surface area contributed by atoms with Crippen molar-refractivity contribution in [3.05, 3.63) is 158 Å². The van der Waals surface area contributed by atoms with Crippen LogP contribution in [0, 0.1) is 0 Å². The number of hydrogen-bond acceptors (Lipinski definition) is 2. The molecule has 2 heteroatoms. The number of anilines is 6. The number of fused-ring (bicyclic) bond motifs is 1. The Hall–Kier alpha value is -4.82. The molecule has 2 aliphatic rings. The maximum Gasteiger partial charge on any atom is 0.0488 e. The Balaban J connectivity index is 1.62. The molecule has 4 aromatic rings. The smallest absolute Gasteiger partial charge is 0.0488 e. The summed E-state index contributed by atoms with van der Waals surface area (Å²) >= 11 is 0. The Labute approximate surface area is 212 Å². The van der Waals surface area contributed by atoms with Crippen LogP contribution in [0.5, 0.6) is 0 Å². The lowest BCUT2D eigenvalue weighted by molar-refractivity contribution is 1.26. The third kappa shape index (κ3) is 4.33. The van der Waals surface area contributed by atoms with Gasteiger partial charge in [-0.2, -0.15) is 0 Å². The lowest BCUT2D eigenvalue weighted by atomic mass is 10.1. The predicted octanol–water partition coefficient (Wildman–Crippen LogP) is 9.73. The van der Waals surface area contributed by atoms with Crippen molar-refractivity contribution < 1.29 is 0 Å². The normalized spacial score (nSPS) is 10.8. The fourth-order valence-corrected chi connectivity index (χ4v) is 4.73. The molecule has 0 bridgehead atoms. The van der Waals surface area contributed by atoms with Gasteiger partial charge in [0, 0.05) is 34.1 Å². The highest BCUT2D eigenvalue weighted by atomic mass is 15.2. The van der Waals surface area contributed by atoms with Crippen LogP contribution in [0.1, 0.15) is 0 Å². The minimum absolute atomic E-state index is 1.10. The zero-order valence-corrected chi connectivity index (χ0v) is 19.9. The third-order valence-corrected chi connectivity index (χ3v) is 6.36. The fourth-order valence-electron chi connectivity index (χ4n) is 4.73. The number of hydrogen-bond donors (Lipinski definition) is 0. The average molecular weight is 463 g/mol. The van der Waals surface area contributed by atoms with Crippen LogP contribution in [0.15, 0.2) is 158 Å². The summed E-state index contributed by atoms with van der Waals surface area (Å²) in [6.07, 6.45) is 0. The van der Waals surface area contributed by atoms with Gasteiger partial charge in [-0.3, -0.25) is 0 Å². The summed E-state index contributed by atoms with van der Waals surface area (Å²) < 4.78 is 0. The molecule has 36 heavy (non-hydrogen) atoms. The molecule has 0 spiro atoms. The van der Waals surface area contributed by atoms with Gasteiger partial charge in [0.1, 0.15) is 0 Å².